The van der Waals surface area contributed by atoms with Gasteiger partial charge in [-0.1, -0.05) is 67.6 Å². The van der Waals surface area contributed by atoms with E-state index in [0.29, 0.717) is 19.5 Å². The van der Waals surface area contributed by atoms with E-state index in [9.17, 15) is 13.2 Å². The Bertz CT molecular complexity index is 1200. The minimum atomic E-state index is -3.74. The van der Waals surface area contributed by atoms with Crippen molar-refractivity contribution in [2.75, 3.05) is 19.6 Å². The summed E-state index contributed by atoms with van der Waals surface area (Å²) in [4.78, 5) is 16.6. The second kappa shape index (κ2) is 10.5. The topological polar surface area (TPSA) is 57.7 Å². The number of rotatable bonds is 8. The Morgan fingerprint density at radius 3 is 2.48 bits per heavy atom. The average molecular weight is 481 g/mol. The van der Waals surface area contributed by atoms with Crippen LogP contribution in [-0.2, 0) is 21.2 Å². The van der Waals surface area contributed by atoms with Gasteiger partial charge in [-0.05, 0) is 47.1 Å². The number of thiophene rings is 1. The normalized spacial score (nSPS) is 16.3. The second-order valence-corrected chi connectivity index (χ2v) is 10.9. The van der Waals surface area contributed by atoms with Crippen LogP contribution in [0.15, 0.2) is 77.5 Å². The summed E-state index contributed by atoms with van der Waals surface area (Å²) in [5.41, 5.74) is 2.98. The molecule has 0 fully saturated rings. The molecule has 1 aromatic heterocycles. The first kappa shape index (κ1) is 23.4. The molecule has 0 bridgehead atoms. The Balaban J connectivity index is 1.58. The van der Waals surface area contributed by atoms with E-state index in [1.165, 1.54) is 14.6 Å². The van der Waals surface area contributed by atoms with Crippen molar-refractivity contribution in [2.24, 2.45) is 0 Å². The first-order valence-corrected chi connectivity index (χ1v) is 13.5. The quantitative estimate of drug-likeness (QED) is 0.459. The van der Waals surface area contributed by atoms with E-state index in [2.05, 4.69) is 11.4 Å². The number of hydrogen-bond acceptors (Lipinski definition) is 4. The molecule has 1 unspecified atom stereocenters. The number of carbonyl (C=O) groups is 1. The molecule has 1 amide bonds. The van der Waals surface area contributed by atoms with Gasteiger partial charge in [0.2, 0.25) is 15.9 Å². The molecule has 7 heteroatoms. The van der Waals surface area contributed by atoms with Gasteiger partial charge in [0.25, 0.3) is 0 Å². The summed E-state index contributed by atoms with van der Waals surface area (Å²) >= 11 is 1.71. The highest BCUT2D eigenvalue weighted by atomic mass is 32.2. The first-order chi connectivity index (χ1) is 16.0. The largest absolute Gasteiger partial charge is 0.330 e. The van der Waals surface area contributed by atoms with Crippen LogP contribution in [0.5, 0.6) is 0 Å². The van der Waals surface area contributed by atoms with Crippen LogP contribution in [0.2, 0.25) is 0 Å². The monoisotopic (exact) mass is 480 g/mol. The number of nitrogens with zero attached hydrogens (tertiary/aromatic N) is 2. The van der Waals surface area contributed by atoms with Crippen LogP contribution in [0.25, 0.3) is 6.08 Å². The summed E-state index contributed by atoms with van der Waals surface area (Å²) in [6.07, 6.45) is 2.99. The smallest absolute Gasteiger partial charge is 0.238 e. The molecule has 0 saturated carbocycles. The minimum Gasteiger partial charge on any atom is -0.330 e. The Hall–Kier alpha value is -2.74. The zero-order valence-electron chi connectivity index (χ0n) is 18.6. The molecule has 1 atom stereocenters. The molecule has 0 spiro atoms. The molecule has 0 aliphatic carbocycles. The Kier molecular flexibility index (Phi) is 7.42. The van der Waals surface area contributed by atoms with Gasteiger partial charge in [-0.25, -0.2) is 8.42 Å². The number of benzene rings is 2. The molecule has 1 aliphatic rings. The van der Waals surface area contributed by atoms with Crippen LogP contribution in [0, 0.1) is 0 Å². The maximum atomic E-state index is 13.5. The predicted molar refractivity (Wildman–Crippen MR) is 134 cm³/mol. The molecule has 2 aromatic carbocycles. The van der Waals surface area contributed by atoms with Crippen molar-refractivity contribution >= 4 is 33.3 Å². The van der Waals surface area contributed by atoms with Crippen molar-refractivity contribution in [1.29, 1.82) is 0 Å². The van der Waals surface area contributed by atoms with Gasteiger partial charge in [0.05, 0.1) is 12.6 Å². The number of amides is 1. The van der Waals surface area contributed by atoms with Crippen molar-refractivity contribution in [3.63, 3.8) is 0 Å². The summed E-state index contributed by atoms with van der Waals surface area (Å²) < 4.78 is 27.5. The molecule has 0 radical (unpaired) electrons. The molecular weight excluding hydrogens is 452 g/mol. The summed E-state index contributed by atoms with van der Waals surface area (Å²) in [7, 11) is -3.74. The Labute approximate surface area is 200 Å². The fourth-order valence-corrected chi connectivity index (χ4v) is 6.31. The first-order valence-electron chi connectivity index (χ1n) is 11.1. The molecule has 2 heterocycles. The van der Waals surface area contributed by atoms with Crippen molar-refractivity contribution in [3.8, 4) is 0 Å². The molecular formula is C26H28N2O3S2. The van der Waals surface area contributed by atoms with Crippen LogP contribution in [0.1, 0.15) is 41.0 Å². The highest BCUT2D eigenvalue weighted by molar-refractivity contribution is 7.92. The zero-order valence-corrected chi connectivity index (χ0v) is 20.3. The van der Waals surface area contributed by atoms with Crippen molar-refractivity contribution in [2.45, 2.75) is 25.8 Å². The third-order valence-corrected chi connectivity index (χ3v) is 8.29. The molecule has 3 aromatic rings. The summed E-state index contributed by atoms with van der Waals surface area (Å²) in [6.45, 7) is 2.61. The molecule has 172 valence electrons. The highest BCUT2D eigenvalue weighted by Crippen LogP contribution is 2.37. The van der Waals surface area contributed by atoms with E-state index in [0.717, 1.165) is 23.1 Å². The van der Waals surface area contributed by atoms with Crippen molar-refractivity contribution in [3.05, 3.63) is 99.1 Å². The SMILES string of the molecule is CCCN(CC(=O)N1CCc2sccc2C1c1ccccc1)S(=O)(=O)/C=C/c1ccccc1. The summed E-state index contributed by atoms with van der Waals surface area (Å²) in [5.74, 6) is -0.175. The van der Waals surface area contributed by atoms with Gasteiger partial charge in [-0.15, -0.1) is 11.3 Å². The zero-order chi connectivity index (χ0) is 23.3. The van der Waals surface area contributed by atoms with E-state index in [1.807, 2.05) is 72.5 Å². The van der Waals surface area contributed by atoms with Crippen LogP contribution < -0.4 is 0 Å². The molecule has 0 N–H and O–H groups in total. The maximum absolute atomic E-state index is 13.5. The van der Waals surface area contributed by atoms with E-state index >= 15 is 0 Å². The van der Waals surface area contributed by atoms with E-state index in [4.69, 9.17) is 0 Å². The van der Waals surface area contributed by atoms with Crippen LogP contribution in [0.4, 0.5) is 0 Å². The number of fused-ring (bicyclic) bond motifs is 1. The van der Waals surface area contributed by atoms with Crippen molar-refractivity contribution in [1.82, 2.24) is 9.21 Å². The summed E-state index contributed by atoms with van der Waals surface area (Å²) in [5, 5.41) is 3.27. The third kappa shape index (κ3) is 5.43. The second-order valence-electron chi connectivity index (χ2n) is 8.04. The number of sulfonamides is 1. The van der Waals surface area contributed by atoms with Gasteiger partial charge >= 0.3 is 0 Å². The van der Waals surface area contributed by atoms with Gasteiger partial charge in [-0.3, -0.25) is 4.79 Å². The van der Waals surface area contributed by atoms with Gasteiger partial charge in [-0.2, -0.15) is 4.31 Å². The maximum Gasteiger partial charge on any atom is 0.238 e. The fourth-order valence-electron chi connectivity index (χ4n) is 4.18. The van der Waals surface area contributed by atoms with Crippen LogP contribution >= 0.6 is 11.3 Å². The lowest BCUT2D eigenvalue weighted by Gasteiger charge is -2.37. The molecule has 4 rings (SSSR count). The molecule has 33 heavy (non-hydrogen) atoms. The van der Waals surface area contributed by atoms with Gasteiger partial charge in [0.1, 0.15) is 0 Å². The van der Waals surface area contributed by atoms with Gasteiger partial charge < -0.3 is 4.90 Å². The van der Waals surface area contributed by atoms with E-state index in [-0.39, 0.29) is 18.5 Å². The van der Waals surface area contributed by atoms with Crippen molar-refractivity contribution < 1.29 is 13.2 Å². The standard InChI is InChI=1S/C26H28N2O3S2/c1-2-16-27(33(30,31)19-15-21-9-5-3-6-10-21)20-25(29)28-17-13-24-23(14-18-32-24)26(28)22-11-7-4-8-12-22/h3-12,14-15,18-19,26H,2,13,16-17,20H2,1H3/b19-15+. The predicted octanol–water partition coefficient (Wildman–Crippen LogP) is 4.93. The number of carbonyl (C=O) groups excluding carboxylic acids is 1. The van der Waals surface area contributed by atoms with Crippen LogP contribution in [0.3, 0.4) is 0 Å². The van der Waals surface area contributed by atoms with Gasteiger partial charge in [0, 0.05) is 23.4 Å². The molecule has 5 nitrogen and oxygen atoms in total. The Morgan fingerprint density at radius 1 is 1.09 bits per heavy atom. The molecule has 0 saturated heterocycles. The third-order valence-electron chi connectivity index (χ3n) is 5.78. The average Bonchev–Trinajstić information content (AvgIpc) is 3.32. The van der Waals surface area contributed by atoms with Crippen LogP contribution in [-0.4, -0.2) is 43.2 Å². The lowest BCUT2D eigenvalue weighted by molar-refractivity contribution is -0.133. The van der Waals surface area contributed by atoms with Gasteiger partial charge in [0.15, 0.2) is 0 Å². The highest BCUT2D eigenvalue weighted by Gasteiger charge is 2.34. The Morgan fingerprint density at radius 2 is 1.79 bits per heavy atom. The number of hydrogen-bond donors (Lipinski definition) is 0. The minimum absolute atomic E-state index is 0.169. The van der Waals surface area contributed by atoms with E-state index < -0.39 is 10.0 Å². The lowest BCUT2D eigenvalue weighted by Crippen LogP contribution is -2.46. The lowest BCUT2D eigenvalue weighted by atomic mass is 9.93. The van der Waals surface area contributed by atoms with E-state index in [1.54, 1.807) is 17.4 Å². The fraction of sp³-hybridized carbons (Fsp3) is 0.269. The summed E-state index contributed by atoms with van der Waals surface area (Å²) in [6, 6.07) is 21.1. The molecule has 1 aliphatic heterocycles.